The van der Waals surface area contributed by atoms with Crippen molar-refractivity contribution in [1.82, 2.24) is 15.1 Å². The molecule has 0 aromatic heterocycles. The number of carbonyl (C=O) groups is 3. The Morgan fingerprint density at radius 2 is 1.64 bits per heavy atom. The van der Waals surface area contributed by atoms with E-state index in [1.807, 2.05) is 51.8 Å². The third-order valence-corrected chi connectivity index (χ3v) is 7.09. The zero-order valence-electron chi connectivity index (χ0n) is 22.0. The van der Waals surface area contributed by atoms with Crippen LogP contribution in [0.15, 0.2) is 24.3 Å². The zero-order chi connectivity index (χ0) is 26.0. The van der Waals surface area contributed by atoms with Crippen LogP contribution in [-0.4, -0.2) is 84.8 Å². The summed E-state index contributed by atoms with van der Waals surface area (Å²) < 4.78 is 17.0. The Bertz CT molecular complexity index is 951. The highest BCUT2D eigenvalue weighted by Crippen LogP contribution is 2.45. The number of amides is 2. The SMILES string of the molecule is CC(Cc1ccc(OC(=O)C2C(C(=O)N3CCN(C)CC3)[C@@H]3CC[C@H]2O3)cc1)NC(=O)OC(C)(C)C. The van der Waals surface area contributed by atoms with Crippen molar-refractivity contribution >= 4 is 18.0 Å². The van der Waals surface area contributed by atoms with Gasteiger partial charge in [-0.3, -0.25) is 9.59 Å². The van der Waals surface area contributed by atoms with E-state index in [1.165, 1.54) is 0 Å². The van der Waals surface area contributed by atoms with Crippen molar-refractivity contribution in [2.75, 3.05) is 33.2 Å². The number of benzene rings is 1. The predicted molar refractivity (Wildman–Crippen MR) is 134 cm³/mol. The molecule has 1 aromatic rings. The molecule has 0 spiro atoms. The molecule has 3 heterocycles. The van der Waals surface area contributed by atoms with Gasteiger partial charge in [-0.15, -0.1) is 0 Å². The average molecular weight is 502 g/mol. The van der Waals surface area contributed by atoms with Crippen molar-refractivity contribution in [2.24, 2.45) is 11.8 Å². The van der Waals surface area contributed by atoms with Crippen LogP contribution in [-0.2, 0) is 25.5 Å². The number of likely N-dealkylation sites (N-methyl/N-ethyl adjacent to an activating group) is 1. The number of hydrogen-bond acceptors (Lipinski definition) is 7. The first kappa shape index (κ1) is 26.4. The highest BCUT2D eigenvalue weighted by molar-refractivity contribution is 5.88. The van der Waals surface area contributed by atoms with Gasteiger partial charge in [-0.25, -0.2) is 4.79 Å². The molecule has 0 radical (unpaired) electrons. The fraction of sp³-hybridized carbons (Fsp3) is 0.667. The largest absolute Gasteiger partial charge is 0.444 e. The van der Waals surface area contributed by atoms with Gasteiger partial charge >= 0.3 is 12.1 Å². The Morgan fingerprint density at radius 1 is 1.03 bits per heavy atom. The number of carbonyl (C=O) groups excluding carboxylic acids is 3. The summed E-state index contributed by atoms with van der Waals surface area (Å²) in [6.07, 6.45) is 1.27. The minimum atomic E-state index is -0.575. The molecule has 5 atom stereocenters. The molecule has 1 aromatic carbocycles. The minimum absolute atomic E-state index is 0.0130. The molecule has 3 aliphatic heterocycles. The molecule has 2 amide bonds. The molecule has 9 nitrogen and oxygen atoms in total. The fourth-order valence-electron chi connectivity index (χ4n) is 5.32. The summed E-state index contributed by atoms with van der Waals surface area (Å²) in [6.45, 7) is 10.4. The number of fused-ring (bicyclic) bond motifs is 2. The van der Waals surface area contributed by atoms with Crippen LogP contribution < -0.4 is 10.1 Å². The van der Waals surface area contributed by atoms with E-state index in [0.29, 0.717) is 25.3 Å². The summed E-state index contributed by atoms with van der Waals surface area (Å²) in [4.78, 5) is 42.6. The van der Waals surface area contributed by atoms with Crippen molar-refractivity contribution in [3.63, 3.8) is 0 Å². The summed E-state index contributed by atoms with van der Waals surface area (Å²) in [6, 6.07) is 7.12. The molecule has 4 rings (SSSR count). The highest BCUT2D eigenvalue weighted by atomic mass is 16.6. The standard InChI is InChI=1S/C27H39N3O6/c1-17(28-26(33)36-27(2,3)4)16-18-6-8-19(9-7-18)34-25(32)23-21-11-10-20(35-21)22(23)24(31)30-14-12-29(5)13-15-30/h6-9,17,20-23H,10-16H2,1-5H3,(H,28,33)/t17?,20-,21+,22?,23?/m0/s1. The van der Waals surface area contributed by atoms with Crippen molar-refractivity contribution in [3.8, 4) is 5.75 Å². The molecule has 3 saturated heterocycles. The zero-order valence-corrected chi connectivity index (χ0v) is 22.0. The molecule has 9 heteroatoms. The Balaban J connectivity index is 1.33. The van der Waals surface area contributed by atoms with Gasteiger partial charge in [0.1, 0.15) is 11.4 Å². The molecule has 0 saturated carbocycles. The van der Waals surface area contributed by atoms with Gasteiger partial charge in [-0.2, -0.15) is 0 Å². The number of esters is 1. The Kier molecular flexibility index (Phi) is 7.90. The maximum atomic E-state index is 13.3. The summed E-state index contributed by atoms with van der Waals surface area (Å²) in [7, 11) is 2.05. The first-order valence-electron chi connectivity index (χ1n) is 12.9. The van der Waals surface area contributed by atoms with Gasteiger partial charge < -0.3 is 29.3 Å². The Labute approximate surface area is 213 Å². The summed E-state index contributed by atoms with van der Waals surface area (Å²) in [5.74, 6) is -1.00. The fourth-order valence-corrected chi connectivity index (χ4v) is 5.32. The number of alkyl carbamates (subject to hydrolysis) is 1. The van der Waals surface area contributed by atoms with Crippen molar-refractivity contribution in [1.29, 1.82) is 0 Å². The van der Waals surface area contributed by atoms with Crippen molar-refractivity contribution in [3.05, 3.63) is 29.8 Å². The topological polar surface area (TPSA) is 97.4 Å². The summed E-state index contributed by atoms with van der Waals surface area (Å²) >= 11 is 0. The van der Waals surface area contributed by atoms with Crippen LogP contribution in [0.5, 0.6) is 5.75 Å². The van der Waals surface area contributed by atoms with Gasteiger partial charge in [0, 0.05) is 32.2 Å². The van der Waals surface area contributed by atoms with Crippen LogP contribution >= 0.6 is 0 Å². The van der Waals surface area contributed by atoms with Gasteiger partial charge in [-0.05, 0) is 71.7 Å². The van der Waals surface area contributed by atoms with Crippen molar-refractivity contribution < 1.29 is 28.6 Å². The van der Waals surface area contributed by atoms with E-state index < -0.39 is 29.5 Å². The maximum absolute atomic E-state index is 13.3. The van der Waals surface area contributed by atoms with E-state index in [1.54, 1.807) is 12.1 Å². The van der Waals surface area contributed by atoms with Gasteiger partial charge in [0.15, 0.2) is 0 Å². The normalized spacial score (nSPS) is 27.0. The second-order valence-corrected chi connectivity index (χ2v) is 11.3. The van der Waals surface area contributed by atoms with Gasteiger partial charge in [0.25, 0.3) is 0 Å². The molecule has 3 unspecified atom stereocenters. The molecular weight excluding hydrogens is 462 g/mol. The smallest absolute Gasteiger partial charge is 0.407 e. The van der Waals surface area contributed by atoms with Gasteiger partial charge in [0.05, 0.1) is 24.0 Å². The van der Waals surface area contributed by atoms with Crippen LogP contribution in [0.2, 0.25) is 0 Å². The lowest BCUT2D eigenvalue weighted by Crippen LogP contribution is -2.52. The number of rotatable bonds is 6. The van der Waals surface area contributed by atoms with Gasteiger partial charge in [0.2, 0.25) is 5.91 Å². The second kappa shape index (κ2) is 10.8. The van der Waals surface area contributed by atoms with E-state index in [4.69, 9.17) is 14.2 Å². The molecule has 198 valence electrons. The summed E-state index contributed by atoms with van der Waals surface area (Å²) in [5, 5.41) is 2.83. The third-order valence-electron chi connectivity index (χ3n) is 7.09. The lowest BCUT2D eigenvalue weighted by molar-refractivity contribution is -0.149. The quantitative estimate of drug-likeness (QED) is 0.473. The number of piperazine rings is 1. The van der Waals surface area contributed by atoms with Crippen LogP contribution in [0.4, 0.5) is 4.79 Å². The minimum Gasteiger partial charge on any atom is -0.444 e. The molecule has 3 fully saturated rings. The molecule has 2 bridgehead atoms. The predicted octanol–water partition coefficient (Wildman–Crippen LogP) is 2.62. The van der Waals surface area contributed by atoms with E-state index in [-0.39, 0.29) is 24.2 Å². The van der Waals surface area contributed by atoms with E-state index in [9.17, 15) is 14.4 Å². The molecule has 1 N–H and O–H groups in total. The lowest BCUT2D eigenvalue weighted by Gasteiger charge is -2.36. The van der Waals surface area contributed by atoms with Gasteiger partial charge in [-0.1, -0.05) is 12.1 Å². The first-order chi connectivity index (χ1) is 17.0. The molecule has 3 aliphatic rings. The second-order valence-electron chi connectivity index (χ2n) is 11.3. The number of nitrogens with zero attached hydrogens (tertiary/aromatic N) is 2. The summed E-state index contributed by atoms with van der Waals surface area (Å²) in [5.41, 5.74) is 0.442. The molecular formula is C27H39N3O6. The van der Waals surface area contributed by atoms with E-state index in [0.717, 1.165) is 31.5 Å². The van der Waals surface area contributed by atoms with Crippen LogP contribution in [0.25, 0.3) is 0 Å². The van der Waals surface area contributed by atoms with E-state index in [2.05, 4.69) is 10.2 Å². The number of hydrogen-bond donors (Lipinski definition) is 1. The molecule has 0 aliphatic carbocycles. The van der Waals surface area contributed by atoms with E-state index >= 15 is 0 Å². The average Bonchev–Trinajstić information content (AvgIpc) is 3.41. The molecule has 36 heavy (non-hydrogen) atoms. The highest BCUT2D eigenvalue weighted by Gasteiger charge is 2.57. The maximum Gasteiger partial charge on any atom is 0.407 e. The lowest BCUT2D eigenvalue weighted by atomic mass is 9.78. The third kappa shape index (κ3) is 6.37. The Morgan fingerprint density at radius 3 is 2.25 bits per heavy atom. The van der Waals surface area contributed by atoms with Crippen LogP contribution in [0, 0.1) is 11.8 Å². The first-order valence-corrected chi connectivity index (χ1v) is 12.9. The van der Waals surface area contributed by atoms with Crippen LogP contribution in [0.3, 0.4) is 0 Å². The number of nitrogens with one attached hydrogen (secondary N) is 1. The number of ether oxygens (including phenoxy) is 3. The van der Waals surface area contributed by atoms with Crippen molar-refractivity contribution in [2.45, 2.75) is 70.8 Å². The monoisotopic (exact) mass is 501 g/mol. The van der Waals surface area contributed by atoms with Crippen LogP contribution in [0.1, 0.15) is 46.1 Å². The Hall–Kier alpha value is -2.65.